The number of benzene rings is 3. The van der Waals surface area contributed by atoms with Crippen LogP contribution in [0, 0.1) is 0 Å². The quantitative estimate of drug-likeness (QED) is 0.311. The monoisotopic (exact) mass is 436 g/mol. The summed E-state index contributed by atoms with van der Waals surface area (Å²) in [5.41, 5.74) is 1.32. The molecule has 0 bridgehead atoms. The summed E-state index contributed by atoms with van der Waals surface area (Å²) in [6.07, 6.45) is 1.58. The number of ketones is 1. The van der Waals surface area contributed by atoms with E-state index in [4.69, 9.17) is 30.5 Å². The van der Waals surface area contributed by atoms with Crippen molar-refractivity contribution in [3.8, 4) is 23.0 Å². The van der Waals surface area contributed by atoms with Crippen molar-refractivity contribution in [2.45, 2.75) is 0 Å². The summed E-state index contributed by atoms with van der Waals surface area (Å²) in [5, 5.41) is 0.431. The van der Waals surface area contributed by atoms with Gasteiger partial charge in [0, 0.05) is 16.7 Å². The van der Waals surface area contributed by atoms with Crippen LogP contribution < -0.4 is 18.9 Å². The van der Waals surface area contributed by atoms with E-state index in [9.17, 15) is 9.59 Å². The molecule has 0 N–H and O–H groups in total. The van der Waals surface area contributed by atoms with E-state index in [0.717, 1.165) is 0 Å². The average Bonchev–Trinajstić information content (AvgIpc) is 3.08. The van der Waals surface area contributed by atoms with Gasteiger partial charge in [0.25, 0.3) is 0 Å². The molecule has 1 aliphatic rings. The maximum Gasteiger partial charge on any atom is 0.343 e. The number of hydrogen-bond acceptors (Lipinski definition) is 6. The second kappa shape index (κ2) is 8.53. The smallest absolute Gasteiger partial charge is 0.343 e. The van der Waals surface area contributed by atoms with Crippen molar-refractivity contribution < 1.29 is 28.5 Å². The molecule has 0 radical (unpaired) electrons. The molecule has 156 valence electrons. The fourth-order valence-electron chi connectivity index (χ4n) is 3.11. The molecule has 1 heterocycles. The zero-order chi connectivity index (χ0) is 22.0. The molecule has 0 saturated carbocycles. The van der Waals surface area contributed by atoms with Crippen LogP contribution in [0.4, 0.5) is 0 Å². The van der Waals surface area contributed by atoms with E-state index in [-0.39, 0.29) is 17.3 Å². The standard InChI is InChI=1S/C24H17ClO6/c1-28-17-7-9-20(29-2)15(11-17)12-22-23(26)19-8-6-18(13-21(19)31-22)30-24(27)14-4-3-5-16(25)10-14/h3-13H,1-2H3/b22-12-. The predicted octanol–water partition coefficient (Wildman–Crippen LogP) is 5.19. The van der Waals surface area contributed by atoms with Crippen LogP contribution >= 0.6 is 11.6 Å². The summed E-state index contributed by atoms with van der Waals surface area (Å²) in [4.78, 5) is 25.1. The number of esters is 1. The number of carbonyl (C=O) groups excluding carboxylic acids is 2. The first-order valence-corrected chi connectivity index (χ1v) is 9.64. The number of allylic oxidation sites excluding steroid dienone is 1. The molecule has 0 spiro atoms. The zero-order valence-electron chi connectivity index (χ0n) is 16.7. The lowest BCUT2D eigenvalue weighted by Crippen LogP contribution is -2.08. The van der Waals surface area contributed by atoms with Crippen molar-refractivity contribution in [2.24, 2.45) is 0 Å². The summed E-state index contributed by atoms with van der Waals surface area (Å²) < 4.78 is 21.7. The van der Waals surface area contributed by atoms with Crippen LogP contribution in [0.3, 0.4) is 0 Å². The predicted molar refractivity (Wildman–Crippen MR) is 115 cm³/mol. The van der Waals surface area contributed by atoms with Crippen LogP contribution in [-0.2, 0) is 0 Å². The molecule has 7 heteroatoms. The lowest BCUT2D eigenvalue weighted by Gasteiger charge is -2.08. The largest absolute Gasteiger partial charge is 0.497 e. The Morgan fingerprint density at radius 1 is 0.968 bits per heavy atom. The van der Waals surface area contributed by atoms with Crippen molar-refractivity contribution in [1.82, 2.24) is 0 Å². The molecule has 31 heavy (non-hydrogen) atoms. The van der Waals surface area contributed by atoms with Gasteiger partial charge in [0.1, 0.15) is 23.0 Å². The Balaban J connectivity index is 1.59. The van der Waals surface area contributed by atoms with E-state index < -0.39 is 5.97 Å². The van der Waals surface area contributed by atoms with Crippen LogP contribution in [0.25, 0.3) is 6.08 Å². The van der Waals surface area contributed by atoms with Gasteiger partial charge in [-0.05, 0) is 54.6 Å². The van der Waals surface area contributed by atoms with Crippen molar-refractivity contribution in [3.63, 3.8) is 0 Å². The number of halogens is 1. The average molecular weight is 437 g/mol. The minimum atomic E-state index is -0.566. The number of hydrogen-bond donors (Lipinski definition) is 0. The van der Waals surface area contributed by atoms with Gasteiger partial charge in [0.05, 0.1) is 25.3 Å². The molecule has 0 amide bonds. The first-order chi connectivity index (χ1) is 15.0. The Hall–Kier alpha value is -3.77. The summed E-state index contributed by atoms with van der Waals surface area (Å²) in [6.45, 7) is 0. The number of ether oxygens (including phenoxy) is 4. The second-order valence-electron chi connectivity index (χ2n) is 6.61. The van der Waals surface area contributed by atoms with Gasteiger partial charge in [-0.3, -0.25) is 4.79 Å². The van der Waals surface area contributed by atoms with E-state index in [2.05, 4.69) is 0 Å². The third-order valence-electron chi connectivity index (χ3n) is 4.64. The molecule has 3 aromatic rings. The van der Waals surface area contributed by atoms with Gasteiger partial charge in [-0.15, -0.1) is 0 Å². The lowest BCUT2D eigenvalue weighted by atomic mass is 10.1. The van der Waals surface area contributed by atoms with Crippen LogP contribution in [0.5, 0.6) is 23.0 Å². The van der Waals surface area contributed by atoms with Gasteiger partial charge < -0.3 is 18.9 Å². The highest BCUT2D eigenvalue weighted by Gasteiger charge is 2.28. The van der Waals surface area contributed by atoms with E-state index in [1.807, 2.05) is 0 Å². The molecule has 0 saturated heterocycles. The minimum absolute atomic E-state index is 0.125. The van der Waals surface area contributed by atoms with Gasteiger partial charge in [0.15, 0.2) is 5.76 Å². The lowest BCUT2D eigenvalue weighted by molar-refractivity contribution is 0.0734. The van der Waals surface area contributed by atoms with E-state index in [1.165, 1.54) is 25.3 Å². The summed E-state index contributed by atoms with van der Waals surface area (Å²) in [5.74, 6) is 1.00. The van der Waals surface area contributed by atoms with Crippen molar-refractivity contribution in [2.75, 3.05) is 14.2 Å². The zero-order valence-corrected chi connectivity index (χ0v) is 17.4. The van der Waals surface area contributed by atoms with Crippen LogP contribution in [-0.4, -0.2) is 26.0 Å². The highest BCUT2D eigenvalue weighted by Crippen LogP contribution is 2.36. The van der Waals surface area contributed by atoms with E-state index in [1.54, 1.807) is 55.7 Å². The van der Waals surface area contributed by atoms with Crippen molar-refractivity contribution in [3.05, 3.63) is 88.1 Å². The summed E-state index contributed by atoms with van der Waals surface area (Å²) >= 11 is 5.92. The first kappa shape index (κ1) is 20.5. The Labute approximate surface area is 183 Å². The molecule has 0 aromatic heterocycles. The number of fused-ring (bicyclic) bond motifs is 1. The van der Waals surface area contributed by atoms with Gasteiger partial charge in [-0.1, -0.05) is 17.7 Å². The molecule has 0 fully saturated rings. The Kier molecular flexibility index (Phi) is 5.64. The maximum absolute atomic E-state index is 12.8. The highest BCUT2D eigenvalue weighted by molar-refractivity contribution is 6.30. The molecule has 0 unspecified atom stereocenters. The number of rotatable bonds is 5. The molecular formula is C24H17ClO6. The highest BCUT2D eigenvalue weighted by atomic mass is 35.5. The van der Waals surface area contributed by atoms with Crippen molar-refractivity contribution in [1.29, 1.82) is 0 Å². The van der Waals surface area contributed by atoms with Gasteiger partial charge in [-0.25, -0.2) is 4.79 Å². The van der Waals surface area contributed by atoms with Crippen LogP contribution in [0.1, 0.15) is 26.3 Å². The Morgan fingerprint density at radius 3 is 2.52 bits per heavy atom. The van der Waals surface area contributed by atoms with Gasteiger partial charge in [0.2, 0.25) is 5.78 Å². The van der Waals surface area contributed by atoms with Gasteiger partial charge in [-0.2, -0.15) is 0 Å². The second-order valence-corrected chi connectivity index (χ2v) is 7.04. The van der Waals surface area contributed by atoms with E-state index in [0.29, 0.717) is 39.0 Å². The summed E-state index contributed by atoms with van der Waals surface area (Å²) in [6, 6.07) is 16.3. The number of Topliss-reactive ketones (excluding diaryl/α,β-unsaturated/α-hetero) is 1. The Bertz CT molecular complexity index is 1210. The fraction of sp³-hybridized carbons (Fsp3) is 0.0833. The number of methoxy groups -OCH3 is 2. The minimum Gasteiger partial charge on any atom is -0.497 e. The maximum atomic E-state index is 12.8. The normalized spacial score (nSPS) is 13.5. The molecule has 0 aliphatic carbocycles. The third-order valence-corrected chi connectivity index (χ3v) is 4.87. The number of carbonyl (C=O) groups is 2. The molecular weight excluding hydrogens is 420 g/mol. The van der Waals surface area contributed by atoms with Crippen molar-refractivity contribution >= 4 is 29.4 Å². The summed E-state index contributed by atoms with van der Waals surface area (Å²) in [7, 11) is 3.09. The fourth-order valence-corrected chi connectivity index (χ4v) is 3.30. The van der Waals surface area contributed by atoms with Crippen LogP contribution in [0.15, 0.2) is 66.4 Å². The third kappa shape index (κ3) is 4.25. The van der Waals surface area contributed by atoms with Gasteiger partial charge >= 0.3 is 5.97 Å². The molecule has 1 aliphatic heterocycles. The van der Waals surface area contributed by atoms with E-state index >= 15 is 0 Å². The SMILES string of the molecule is COc1ccc(OC)c(/C=C2\Oc3cc(OC(=O)c4cccc(Cl)c4)ccc3C2=O)c1. The Morgan fingerprint density at radius 2 is 1.77 bits per heavy atom. The molecule has 4 rings (SSSR count). The molecule has 6 nitrogen and oxygen atoms in total. The molecule has 0 atom stereocenters. The van der Waals surface area contributed by atoms with Crippen LogP contribution in [0.2, 0.25) is 5.02 Å². The topological polar surface area (TPSA) is 71.1 Å². The molecule has 3 aromatic carbocycles. The first-order valence-electron chi connectivity index (χ1n) is 9.26.